The zero-order chi connectivity index (χ0) is 29.6. The van der Waals surface area contributed by atoms with Crippen LogP contribution in [0, 0.1) is 46.3 Å². The number of likely N-dealkylation sites (N-methyl/N-ethyl adjacent to an activating group) is 1. The molecule has 4 aliphatic rings. The fraction of sp³-hybridized carbons (Fsp3) is 0.944. The maximum Gasteiger partial charge on any atom is 0.0933 e. The molecule has 0 saturated heterocycles. The van der Waals surface area contributed by atoms with Crippen molar-refractivity contribution in [3.8, 4) is 0 Å². The topological polar surface area (TPSA) is 51.2 Å². The number of nitrogens with zero attached hydrogens (tertiary/aromatic N) is 1. The summed E-state index contributed by atoms with van der Waals surface area (Å²) in [6.45, 7) is 15.7. The molecule has 238 valence electrons. The molecule has 0 aromatic rings. The Balaban J connectivity index is 1.22. The molecule has 0 spiro atoms. The summed E-state index contributed by atoms with van der Waals surface area (Å²) in [6.07, 6.45) is 17.8. The lowest BCUT2D eigenvalue weighted by molar-refractivity contribution is -0.0710. The van der Waals surface area contributed by atoms with Crippen molar-refractivity contribution in [2.45, 2.75) is 117 Å². The summed E-state index contributed by atoms with van der Waals surface area (Å²) < 4.78 is 17.8. The molecule has 0 aromatic heterocycles. The van der Waals surface area contributed by atoms with Gasteiger partial charge in [-0.15, -0.1) is 0 Å². The molecule has 4 aliphatic carbocycles. The zero-order valence-electron chi connectivity index (χ0n) is 27.8. The van der Waals surface area contributed by atoms with Crippen LogP contribution in [0.4, 0.5) is 0 Å². The number of hydrogen-bond donors (Lipinski definition) is 1. The van der Waals surface area contributed by atoms with Crippen LogP contribution >= 0.6 is 0 Å². The van der Waals surface area contributed by atoms with Gasteiger partial charge in [0.15, 0.2) is 0 Å². The molecular formula is C36H65NO4. The van der Waals surface area contributed by atoms with E-state index in [9.17, 15) is 5.11 Å². The van der Waals surface area contributed by atoms with Gasteiger partial charge < -0.3 is 24.2 Å². The molecule has 0 bridgehead atoms. The maximum atomic E-state index is 9.43. The highest BCUT2D eigenvalue weighted by atomic mass is 16.6. The number of hydrogen-bond acceptors (Lipinski definition) is 5. The Labute approximate surface area is 253 Å². The summed E-state index contributed by atoms with van der Waals surface area (Å²) in [5.41, 5.74) is 2.66. The second kappa shape index (κ2) is 15.0. The highest BCUT2D eigenvalue weighted by Crippen LogP contribution is 2.67. The minimum atomic E-state index is -0.152. The third-order valence-corrected chi connectivity index (χ3v) is 12.2. The first-order valence-corrected chi connectivity index (χ1v) is 17.3. The van der Waals surface area contributed by atoms with Crippen molar-refractivity contribution in [1.29, 1.82) is 0 Å². The van der Waals surface area contributed by atoms with Gasteiger partial charge in [-0.3, -0.25) is 0 Å². The summed E-state index contributed by atoms with van der Waals surface area (Å²) in [6, 6.07) is 0. The number of aliphatic hydroxyl groups is 1. The molecule has 0 aliphatic heterocycles. The van der Waals surface area contributed by atoms with Crippen LogP contribution in [0.3, 0.4) is 0 Å². The molecule has 9 atom stereocenters. The summed E-state index contributed by atoms with van der Waals surface area (Å²) >= 11 is 0. The highest BCUT2D eigenvalue weighted by Gasteiger charge is 2.59. The SMILES string of the molecule is CC(C)CCCC(C)C1CCC2C3CC=C4C[C@@H](OCCOCCOC(CO)CN(C)C)CC[C@]4(C)C3CC[C@]12C. The van der Waals surface area contributed by atoms with E-state index in [2.05, 4.69) is 40.7 Å². The van der Waals surface area contributed by atoms with Crippen molar-refractivity contribution < 1.29 is 19.3 Å². The summed E-state index contributed by atoms with van der Waals surface area (Å²) in [5, 5.41) is 9.43. The van der Waals surface area contributed by atoms with Gasteiger partial charge in [-0.1, -0.05) is 65.5 Å². The van der Waals surface area contributed by atoms with Gasteiger partial charge in [0.05, 0.1) is 45.2 Å². The molecule has 0 amide bonds. The van der Waals surface area contributed by atoms with E-state index in [0.717, 1.165) is 48.5 Å². The van der Waals surface area contributed by atoms with Crippen molar-refractivity contribution in [3.05, 3.63) is 11.6 Å². The van der Waals surface area contributed by atoms with Gasteiger partial charge in [-0.05, 0) is 112 Å². The van der Waals surface area contributed by atoms with Crippen molar-refractivity contribution in [2.24, 2.45) is 46.3 Å². The van der Waals surface area contributed by atoms with Crippen LogP contribution in [0.25, 0.3) is 0 Å². The van der Waals surface area contributed by atoms with E-state index < -0.39 is 0 Å². The van der Waals surface area contributed by atoms with Crippen LogP contribution in [-0.2, 0) is 14.2 Å². The zero-order valence-corrected chi connectivity index (χ0v) is 27.8. The average Bonchev–Trinajstić information content (AvgIpc) is 3.28. The molecule has 41 heavy (non-hydrogen) atoms. The first-order valence-electron chi connectivity index (χ1n) is 17.3. The van der Waals surface area contributed by atoms with Crippen LogP contribution in [0.5, 0.6) is 0 Å². The fourth-order valence-electron chi connectivity index (χ4n) is 10.0. The number of ether oxygens (including phenoxy) is 3. The Morgan fingerprint density at radius 2 is 1.73 bits per heavy atom. The van der Waals surface area contributed by atoms with Crippen LogP contribution in [0.2, 0.25) is 0 Å². The Morgan fingerprint density at radius 3 is 2.46 bits per heavy atom. The van der Waals surface area contributed by atoms with Crippen molar-refractivity contribution >= 4 is 0 Å². The van der Waals surface area contributed by atoms with E-state index in [-0.39, 0.29) is 12.7 Å². The largest absolute Gasteiger partial charge is 0.394 e. The van der Waals surface area contributed by atoms with Crippen molar-refractivity contribution in [2.75, 3.05) is 53.7 Å². The second-order valence-electron chi connectivity index (χ2n) is 15.6. The Kier molecular flexibility index (Phi) is 12.2. The summed E-state index contributed by atoms with van der Waals surface area (Å²) in [7, 11) is 3.98. The molecule has 5 heteroatoms. The van der Waals surface area contributed by atoms with E-state index >= 15 is 0 Å². The molecule has 3 saturated carbocycles. The van der Waals surface area contributed by atoms with Gasteiger partial charge in [0.1, 0.15) is 0 Å². The van der Waals surface area contributed by atoms with Crippen LogP contribution < -0.4 is 0 Å². The third-order valence-electron chi connectivity index (χ3n) is 12.2. The summed E-state index contributed by atoms with van der Waals surface area (Å²) in [4.78, 5) is 2.03. The van der Waals surface area contributed by atoms with E-state index in [1.165, 1.54) is 64.2 Å². The molecule has 0 heterocycles. The Morgan fingerprint density at radius 1 is 0.951 bits per heavy atom. The molecule has 1 N–H and O–H groups in total. The number of allylic oxidation sites excluding steroid dienone is 1. The van der Waals surface area contributed by atoms with E-state index in [4.69, 9.17) is 14.2 Å². The van der Waals surface area contributed by atoms with Crippen molar-refractivity contribution in [3.63, 3.8) is 0 Å². The van der Waals surface area contributed by atoms with Crippen LogP contribution in [0.1, 0.15) is 105 Å². The first-order chi connectivity index (χ1) is 19.6. The Hall–Kier alpha value is -0.460. The van der Waals surface area contributed by atoms with E-state index in [1.54, 1.807) is 5.57 Å². The average molecular weight is 576 g/mol. The second-order valence-corrected chi connectivity index (χ2v) is 15.6. The van der Waals surface area contributed by atoms with E-state index in [1.807, 2.05) is 19.0 Å². The van der Waals surface area contributed by atoms with Crippen molar-refractivity contribution in [1.82, 2.24) is 4.90 Å². The van der Waals surface area contributed by atoms with Gasteiger partial charge in [-0.25, -0.2) is 0 Å². The maximum absolute atomic E-state index is 9.43. The minimum absolute atomic E-state index is 0.0393. The molecule has 0 aromatic carbocycles. The molecule has 4 rings (SSSR count). The van der Waals surface area contributed by atoms with Gasteiger partial charge in [0, 0.05) is 6.54 Å². The minimum Gasteiger partial charge on any atom is -0.394 e. The van der Waals surface area contributed by atoms with Gasteiger partial charge in [0.2, 0.25) is 0 Å². The van der Waals surface area contributed by atoms with Gasteiger partial charge >= 0.3 is 0 Å². The van der Waals surface area contributed by atoms with Gasteiger partial charge in [0.25, 0.3) is 0 Å². The standard InChI is InChI=1S/C36H65NO4/c1-26(2)9-8-10-27(3)32-13-14-33-31-12-11-28-23-29(15-17-35(28,4)34(31)16-18-36(32,33)5)40-21-19-39-20-22-41-30(25-38)24-37(6)7/h11,26-27,29-34,38H,8-10,12-25H2,1-7H3/t27?,29-,30?,31?,32?,33?,34?,35-,36+/m0/s1. The lowest BCUT2D eigenvalue weighted by Crippen LogP contribution is -2.51. The van der Waals surface area contributed by atoms with Gasteiger partial charge in [-0.2, -0.15) is 0 Å². The smallest absolute Gasteiger partial charge is 0.0933 e. The molecule has 6 unspecified atom stereocenters. The molecule has 5 nitrogen and oxygen atoms in total. The normalized spacial score (nSPS) is 36.5. The number of rotatable bonds is 16. The predicted octanol–water partition coefficient (Wildman–Crippen LogP) is 7.37. The van der Waals surface area contributed by atoms with E-state index in [0.29, 0.717) is 43.4 Å². The lowest BCUT2D eigenvalue weighted by Gasteiger charge is -2.58. The predicted molar refractivity (Wildman–Crippen MR) is 169 cm³/mol. The number of aliphatic hydroxyl groups excluding tert-OH is 1. The number of fused-ring (bicyclic) bond motifs is 5. The quantitative estimate of drug-likeness (QED) is 0.154. The first kappa shape index (κ1) is 33.4. The Bertz CT molecular complexity index is 828. The molecule has 3 fully saturated rings. The van der Waals surface area contributed by atoms with Crippen LogP contribution in [0.15, 0.2) is 11.6 Å². The monoisotopic (exact) mass is 575 g/mol. The molecular weight excluding hydrogens is 510 g/mol. The van der Waals surface area contributed by atoms with Crippen LogP contribution in [-0.4, -0.2) is 75.9 Å². The lowest BCUT2D eigenvalue weighted by atomic mass is 9.47. The molecule has 0 radical (unpaired) electrons. The summed E-state index contributed by atoms with van der Waals surface area (Å²) in [5.74, 6) is 5.36. The fourth-order valence-corrected chi connectivity index (χ4v) is 10.0. The third kappa shape index (κ3) is 7.98. The highest BCUT2D eigenvalue weighted by molar-refractivity contribution is 5.25.